The molecule has 0 saturated carbocycles. The lowest BCUT2D eigenvalue weighted by molar-refractivity contribution is -0.134. The molecule has 0 aliphatic carbocycles. The molecule has 2 aliphatic heterocycles. The number of urea groups is 1. The highest BCUT2D eigenvalue weighted by atomic mass is 16.6. The highest BCUT2D eigenvalue weighted by molar-refractivity contribution is 6.10. The van der Waals surface area contributed by atoms with Crippen LogP contribution in [0.2, 0.25) is 0 Å². The van der Waals surface area contributed by atoms with Crippen molar-refractivity contribution in [3.8, 4) is 11.5 Å². The molecule has 2 N–H and O–H groups in total. The zero-order valence-electron chi connectivity index (χ0n) is 14.3. The van der Waals surface area contributed by atoms with Crippen molar-refractivity contribution in [2.45, 2.75) is 32.2 Å². The summed E-state index contributed by atoms with van der Waals surface area (Å²) in [4.78, 5) is 37.8. The Labute approximate surface area is 145 Å². The fourth-order valence-electron chi connectivity index (χ4n) is 3.01. The maximum atomic E-state index is 12.5. The molecular formula is C17H21N3O5. The minimum Gasteiger partial charge on any atom is -0.486 e. The summed E-state index contributed by atoms with van der Waals surface area (Å²) in [6.07, 6.45) is 0.961. The number of ether oxygens (including phenoxy) is 2. The van der Waals surface area contributed by atoms with Crippen molar-refractivity contribution in [2.75, 3.05) is 25.1 Å². The molecular weight excluding hydrogens is 326 g/mol. The van der Waals surface area contributed by atoms with Gasteiger partial charge in [0.15, 0.2) is 11.5 Å². The molecule has 0 unspecified atom stereocenters. The van der Waals surface area contributed by atoms with E-state index < -0.39 is 17.5 Å². The Morgan fingerprint density at radius 1 is 1.20 bits per heavy atom. The number of anilines is 1. The standard InChI is InChI=1S/C17H21N3O5/c1-3-17(4-2)15(22)20(16(23)19-17)10-14(21)18-11-5-6-12-13(9-11)25-8-7-24-12/h5-6,9H,3-4,7-8,10H2,1-2H3,(H,18,21)(H,19,23). The van der Waals surface area contributed by atoms with Crippen LogP contribution < -0.4 is 20.1 Å². The summed E-state index contributed by atoms with van der Waals surface area (Å²) in [5.74, 6) is 0.354. The number of hydrogen-bond acceptors (Lipinski definition) is 5. The first-order valence-corrected chi connectivity index (χ1v) is 8.32. The molecule has 3 rings (SSSR count). The Kier molecular flexibility index (Phi) is 4.52. The quantitative estimate of drug-likeness (QED) is 0.787. The van der Waals surface area contributed by atoms with Crippen molar-refractivity contribution in [2.24, 2.45) is 0 Å². The number of hydrogen-bond donors (Lipinski definition) is 2. The maximum Gasteiger partial charge on any atom is 0.325 e. The molecule has 8 heteroatoms. The zero-order valence-corrected chi connectivity index (χ0v) is 14.3. The van der Waals surface area contributed by atoms with Crippen LogP contribution in [-0.2, 0) is 9.59 Å². The fourth-order valence-corrected chi connectivity index (χ4v) is 3.01. The van der Waals surface area contributed by atoms with Crippen LogP contribution in [0.5, 0.6) is 11.5 Å². The third kappa shape index (κ3) is 3.11. The van der Waals surface area contributed by atoms with E-state index >= 15 is 0 Å². The van der Waals surface area contributed by atoms with E-state index in [4.69, 9.17) is 9.47 Å². The van der Waals surface area contributed by atoms with Crippen molar-refractivity contribution >= 4 is 23.5 Å². The third-order valence-corrected chi connectivity index (χ3v) is 4.58. The van der Waals surface area contributed by atoms with Gasteiger partial charge in [0.05, 0.1) is 0 Å². The molecule has 0 aromatic heterocycles. The van der Waals surface area contributed by atoms with E-state index in [0.29, 0.717) is 43.2 Å². The maximum absolute atomic E-state index is 12.5. The summed E-state index contributed by atoms with van der Waals surface area (Å²) in [7, 11) is 0. The SMILES string of the molecule is CCC1(CC)NC(=O)N(CC(=O)Nc2ccc3c(c2)OCCO3)C1=O. The number of rotatable bonds is 5. The van der Waals surface area contributed by atoms with Gasteiger partial charge >= 0.3 is 6.03 Å². The molecule has 0 spiro atoms. The first-order valence-electron chi connectivity index (χ1n) is 8.32. The van der Waals surface area contributed by atoms with E-state index in [1.54, 1.807) is 18.2 Å². The van der Waals surface area contributed by atoms with Gasteiger partial charge in [-0.2, -0.15) is 0 Å². The molecule has 4 amide bonds. The summed E-state index contributed by atoms with van der Waals surface area (Å²) < 4.78 is 10.9. The zero-order chi connectivity index (χ0) is 18.0. The number of nitrogens with one attached hydrogen (secondary N) is 2. The molecule has 25 heavy (non-hydrogen) atoms. The topological polar surface area (TPSA) is 97.0 Å². The Balaban J connectivity index is 1.67. The molecule has 1 aromatic carbocycles. The number of amides is 4. The molecule has 1 aromatic rings. The average molecular weight is 347 g/mol. The minimum atomic E-state index is -0.908. The number of fused-ring (bicyclic) bond motifs is 1. The van der Waals surface area contributed by atoms with E-state index in [1.807, 2.05) is 13.8 Å². The van der Waals surface area contributed by atoms with E-state index in [1.165, 1.54) is 0 Å². The molecule has 0 bridgehead atoms. The highest BCUT2D eigenvalue weighted by Crippen LogP contribution is 2.32. The molecule has 2 aliphatic rings. The van der Waals surface area contributed by atoms with Crippen molar-refractivity contribution in [1.82, 2.24) is 10.2 Å². The van der Waals surface area contributed by atoms with Crippen LogP contribution in [0.3, 0.4) is 0 Å². The van der Waals surface area contributed by atoms with Gasteiger partial charge in [0.25, 0.3) is 5.91 Å². The Morgan fingerprint density at radius 2 is 1.88 bits per heavy atom. The van der Waals surface area contributed by atoms with Gasteiger partial charge in [0.2, 0.25) is 5.91 Å². The van der Waals surface area contributed by atoms with Crippen molar-refractivity contribution in [1.29, 1.82) is 0 Å². The van der Waals surface area contributed by atoms with Crippen LogP contribution in [0, 0.1) is 0 Å². The summed E-state index contributed by atoms with van der Waals surface area (Å²) in [6, 6.07) is 4.50. The van der Waals surface area contributed by atoms with Crippen molar-refractivity contribution < 1.29 is 23.9 Å². The lowest BCUT2D eigenvalue weighted by atomic mass is 9.93. The second-order valence-corrected chi connectivity index (χ2v) is 6.02. The third-order valence-electron chi connectivity index (χ3n) is 4.58. The van der Waals surface area contributed by atoms with E-state index in [9.17, 15) is 14.4 Å². The van der Waals surface area contributed by atoms with Crippen molar-refractivity contribution in [3.05, 3.63) is 18.2 Å². The monoisotopic (exact) mass is 347 g/mol. The van der Waals surface area contributed by atoms with Gasteiger partial charge < -0.3 is 20.1 Å². The van der Waals surface area contributed by atoms with E-state index in [-0.39, 0.29) is 12.5 Å². The first-order chi connectivity index (χ1) is 12.0. The van der Waals surface area contributed by atoms with Crippen LogP contribution in [0.15, 0.2) is 18.2 Å². The Bertz CT molecular complexity index is 714. The molecule has 2 heterocycles. The summed E-state index contributed by atoms with van der Waals surface area (Å²) in [6.45, 7) is 4.27. The molecule has 8 nitrogen and oxygen atoms in total. The number of carbonyl (C=O) groups excluding carboxylic acids is 3. The van der Waals surface area contributed by atoms with Crippen molar-refractivity contribution in [3.63, 3.8) is 0 Å². The second-order valence-electron chi connectivity index (χ2n) is 6.02. The predicted octanol–water partition coefficient (Wildman–Crippen LogP) is 1.51. The summed E-state index contributed by atoms with van der Waals surface area (Å²) in [5.41, 5.74) is -0.396. The molecule has 1 fully saturated rings. The van der Waals surface area contributed by atoms with Gasteiger partial charge in [-0.05, 0) is 25.0 Å². The van der Waals surface area contributed by atoms with E-state index in [2.05, 4.69) is 10.6 Å². The van der Waals surface area contributed by atoms with Crippen LogP contribution in [0.25, 0.3) is 0 Å². The van der Waals surface area contributed by atoms with Gasteiger partial charge in [-0.15, -0.1) is 0 Å². The van der Waals surface area contributed by atoms with Crippen LogP contribution >= 0.6 is 0 Å². The van der Waals surface area contributed by atoms with Gasteiger partial charge in [-0.1, -0.05) is 13.8 Å². The molecule has 134 valence electrons. The first kappa shape index (κ1) is 17.1. The Morgan fingerprint density at radius 3 is 2.52 bits per heavy atom. The number of benzene rings is 1. The smallest absolute Gasteiger partial charge is 0.325 e. The molecule has 0 radical (unpaired) electrons. The number of nitrogens with zero attached hydrogens (tertiary/aromatic N) is 1. The van der Waals surface area contributed by atoms with Gasteiger partial charge in [-0.25, -0.2) is 4.79 Å². The summed E-state index contributed by atoms with van der Waals surface area (Å²) >= 11 is 0. The molecule has 1 saturated heterocycles. The predicted molar refractivity (Wildman–Crippen MR) is 89.6 cm³/mol. The largest absolute Gasteiger partial charge is 0.486 e. The van der Waals surface area contributed by atoms with Gasteiger partial charge in [0, 0.05) is 11.8 Å². The van der Waals surface area contributed by atoms with Crippen LogP contribution in [0.1, 0.15) is 26.7 Å². The Hall–Kier alpha value is -2.77. The lowest BCUT2D eigenvalue weighted by Crippen LogP contribution is -2.46. The fraction of sp³-hybridized carbons (Fsp3) is 0.471. The van der Waals surface area contributed by atoms with Gasteiger partial charge in [-0.3, -0.25) is 14.5 Å². The highest BCUT2D eigenvalue weighted by Gasteiger charge is 2.49. The average Bonchev–Trinajstić information content (AvgIpc) is 2.86. The van der Waals surface area contributed by atoms with Crippen LogP contribution in [-0.4, -0.2) is 48.0 Å². The lowest BCUT2D eigenvalue weighted by Gasteiger charge is -2.23. The van der Waals surface area contributed by atoms with E-state index in [0.717, 1.165) is 4.90 Å². The van der Waals surface area contributed by atoms with Gasteiger partial charge in [0.1, 0.15) is 25.3 Å². The molecule has 0 atom stereocenters. The normalized spacial score (nSPS) is 18.1. The van der Waals surface area contributed by atoms with Crippen LogP contribution in [0.4, 0.5) is 10.5 Å². The summed E-state index contributed by atoms with van der Waals surface area (Å²) in [5, 5.41) is 5.37. The second kappa shape index (κ2) is 6.62. The minimum absolute atomic E-state index is 0.332. The number of imide groups is 1. The number of carbonyl (C=O) groups is 3.